The van der Waals surface area contributed by atoms with Crippen LogP contribution in [0, 0.1) is 5.82 Å². The normalized spacial score (nSPS) is 10.6. The number of ether oxygens (including phenoxy) is 2. The van der Waals surface area contributed by atoms with Crippen molar-refractivity contribution >= 4 is 68.1 Å². The average Bonchev–Trinajstić information content (AvgIpc) is 3.53. The Morgan fingerprint density at radius 1 is 1.17 bits per heavy atom. The van der Waals surface area contributed by atoms with E-state index in [1.165, 1.54) is 36.0 Å². The minimum absolute atomic E-state index is 0.0160. The molecule has 0 unspecified atom stereocenters. The van der Waals surface area contributed by atoms with Crippen LogP contribution in [0.2, 0.25) is 5.02 Å². The minimum Gasteiger partial charge on any atom is -0.493 e. The van der Waals surface area contributed by atoms with Gasteiger partial charge >= 0.3 is 18.0 Å². The lowest BCUT2D eigenvalue weighted by atomic mass is 10.2. The van der Waals surface area contributed by atoms with E-state index in [0.717, 1.165) is 22.1 Å². The SMILES string of the molecule is COc1cc(F)c(NC(=O)NOC(=O)c2sccc2C(=O)O)cc1OCc1c(Cl)ccc2scnc12. The molecule has 14 heteroatoms. The Bertz CT molecular complexity index is 1470. The molecule has 0 aliphatic carbocycles. The molecule has 36 heavy (non-hydrogen) atoms. The van der Waals surface area contributed by atoms with E-state index >= 15 is 0 Å². The molecule has 2 heterocycles. The highest BCUT2D eigenvalue weighted by Gasteiger charge is 2.21. The highest BCUT2D eigenvalue weighted by molar-refractivity contribution is 7.16. The van der Waals surface area contributed by atoms with E-state index in [1.807, 2.05) is 6.07 Å². The van der Waals surface area contributed by atoms with Crippen molar-refractivity contribution in [3.63, 3.8) is 0 Å². The van der Waals surface area contributed by atoms with Crippen molar-refractivity contribution < 1.29 is 38.2 Å². The molecule has 0 saturated heterocycles. The zero-order valence-corrected chi connectivity index (χ0v) is 20.6. The molecule has 0 radical (unpaired) electrons. The van der Waals surface area contributed by atoms with E-state index < -0.39 is 23.8 Å². The minimum atomic E-state index is -1.33. The third-order valence-electron chi connectivity index (χ3n) is 4.74. The number of carboxylic acids is 1. The first kappa shape index (κ1) is 25.2. The number of fused-ring (bicyclic) bond motifs is 1. The summed E-state index contributed by atoms with van der Waals surface area (Å²) in [6.45, 7) is -0.0160. The zero-order valence-electron chi connectivity index (χ0n) is 18.2. The summed E-state index contributed by atoms with van der Waals surface area (Å²) in [6.07, 6.45) is 0. The van der Waals surface area contributed by atoms with Gasteiger partial charge in [-0.2, -0.15) is 5.48 Å². The first-order valence-corrected chi connectivity index (χ1v) is 12.0. The molecule has 2 amide bonds. The highest BCUT2D eigenvalue weighted by Crippen LogP contribution is 2.35. The third kappa shape index (κ3) is 5.32. The van der Waals surface area contributed by atoms with E-state index in [-0.39, 0.29) is 34.2 Å². The van der Waals surface area contributed by atoms with Gasteiger partial charge in [0.05, 0.1) is 34.1 Å². The summed E-state index contributed by atoms with van der Waals surface area (Å²) >= 11 is 8.57. The second-order valence-electron chi connectivity index (χ2n) is 6.91. The number of anilines is 1. The number of thiophene rings is 1. The van der Waals surface area contributed by atoms with Gasteiger partial charge in [0.1, 0.15) is 11.5 Å². The van der Waals surface area contributed by atoms with Crippen LogP contribution < -0.4 is 20.3 Å². The second-order valence-corrected chi connectivity index (χ2v) is 9.12. The molecule has 0 aliphatic rings. The highest BCUT2D eigenvalue weighted by atomic mass is 35.5. The molecule has 186 valence electrons. The van der Waals surface area contributed by atoms with Crippen LogP contribution in [-0.4, -0.2) is 35.2 Å². The number of hydrogen-bond donors (Lipinski definition) is 3. The van der Waals surface area contributed by atoms with Crippen LogP contribution in [0.3, 0.4) is 0 Å². The molecule has 0 saturated carbocycles. The molecule has 10 nitrogen and oxygen atoms in total. The number of carbonyl (C=O) groups excluding carboxylic acids is 2. The van der Waals surface area contributed by atoms with Crippen LogP contribution in [0.4, 0.5) is 14.9 Å². The second kappa shape index (κ2) is 10.8. The standard InChI is InChI=1S/C22H15ClFN3O7S2/c1-32-15-6-13(24)14(26-22(31)27-34-21(30)19-10(20(28)29)4-5-35-19)7-16(15)33-8-11-12(23)2-3-17-18(11)25-9-36-17/h2-7,9H,8H2,1H3,(H,28,29)(H2,26,27,31). The summed E-state index contributed by atoms with van der Waals surface area (Å²) in [5.41, 5.74) is 4.18. The molecule has 0 fully saturated rings. The number of urea groups is 1. The molecule has 2 aromatic heterocycles. The summed E-state index contributed by atoms with van der Waals surface area (Å²) in [7, 11) is 1.32. The van der Waals surface area contributed by atoms with Gasteiger partial charge in [0.15, 0.2) is 17.3 Å². The number of thiazole rings is 1. The fraction of sp³-hybridized carbons (Fsp3) is 0.0909. The molecule has 2 aromatic carbocycles. The quantitative estimate of drug-likeness (QED) is 0.262. The van der Waals surface area contributed by atoms with Crippen LogP contribution in [0.1, 0.15) is 25.6 Å². The van der Waals surface area contributed by atoms with Gasteiger partial charge in [-0.05, 0) is 23.6 Å². The number of nitrogens with one attached hydrogen (secondary N) is 2. The maximum atomic E-state index is 14.6. The van der Waals surface area contributed by atoms with E-state index in [1.54, 1.807) is 17.1 Å². The van der Waals surface area contributed by atoms with Gasteiger partial charge in [-0.1, -0.05) is 11.6 Å². The van der Waals surface area contributed by atoms with Crippen molar-refractivity contribution in [2.75, 3.05) is 12.4 Å². The number of nitrogens with zero attached hydrogens (tertiary/aromatic N) is 1. The number of rotatable bonds is 7. The van der Waals surface area contributed by atoms with Gasteiger partial charge in [0.25, 0.3) is 0 Å². The number of aromatic carboxylic acids is 1. The predicted molar refractivity (Wildman–Crippen MR) is 131 cm³/mol. The Morgan fingerprint density at radius 2 is 1.97 bits per heavy atom. The van der Waals surface area contributed by atoms with Crippen LogP contribution in [0.15, 0.2) is 41.2 Å². The Kier molecular flexibility index (Phi) is 7.52. The van der Waals surface area contributed by atoms with Gasteiger partial charge in [-0.15, -0.1) is 22.7 Å². The smallest absolute Gasteiger partial charge is 0.373 e. The van der Waals surface area contributed by atoms with E-state index in [4.69, 9.17) is 26.2 Å². The molecule has 4 aromatic rings. The number of benzene rings is 2. The molecule has 4 rings (SSSR count). The van der Waals surface area contributed by atoms with Gasteiger partial charge in [-0.25, -0.2) is 23.8 Å². The van der Waals surface area contributed by atoms with Gasteiger partial charge in [0.2, 0.25) is 0 Å². The summed E-state index contributed by atoms with van der Waals surface area (Å²) in [5.74, 6) is -3.12. The molecular weight excluding hydrogens is 537 g/mol. The number of hydrogen-bond acceptors (Lipinski definition) is 9. The number of aromatic nitrogens is 1. The Balaban J connectivity index is 1.46. The molecule has 0 bridgehead atoms. The van der Waals surface area contributed by atoms with Crippen LogP contribution in [0.25, 0.3) is 10.2 Å². The number of carboxylic acid groups (broad SMARTS) is 1. The predicted octanol–water partition coefficient (Wildman–Crippen LogP) is 5.33. The average molecular weight is 552 g/mol. The first-order chi connectivity index (χ1) is 17.3. The Morgan fingerprint density at radius 3 is 2.72 bits per heavy atom. The number of halogens is 2. The topological polar surface area (TPSA) is 136 Å². The van der Waals surface area contributed by atoms with Crippen LogP contribution >= 0.6 is 34.3 Å². The van der Waals surface area contributed by atoms with Crippen molar-refractivity contribution in [1.82, 2.24) is 10.5 Å². The Labute approximate surface area is 215 Å². The lowest BCUT2D eigenvalue weighted by molar-refractivity contribution is 0.0340. The van der Waals surface area contributed by atoms with Crippen LogP contribution in [0.5, 0.6) is 11.5 Å². The fourth-order valence-electron chi connectivity index (χ4n) is 3.08. The number of carbonyl (C=O) groups is 3. The first-order valence-electron chi connectivity index (χ1n) is 9.88. The molecular formula is C22H15ClFN3O7S2. The largest absolute Gasteiger partial charge is 0.493 e. The van der Waals surface area contributed by atoms with Gasteiger partial charge in [0, 0.05) is 22.7 Å². The lowest BCUT2D eigenvalue weighted by Crippen LogP contribution is -2.31. The van der Waals surface area contributed by atoms with Crippen molar-refractivity contribution in [2.24, 2.45) is 0 Å². The van der Waals surface area contributed by atoms with E-state index in [0.29, 0.717) is 16.1 Å². The maximum absolute atomic E-state index is 14.6. The van der Waals surface area contributed by atoms with Crippen LogP contribution in [-0.2, 0) is 11.4 Å². The number of hydroxylamine groups is 1. The summed E-state index contributed by atoms with van der Waals surface area (Å²) in [4.78, 5) is 44.1. The van der Waals surface area contributed by atoms with Crippen molar-refractivity contribution in [3.05, 3.63) is 68.1 Å². The van der Waals surface area contributed by atoms with Gasteiger partial charge < -0.3 is 24.7 Å². The van der Waals surface area contributed by atoms with Crippen molar-refractivity contribution in [3.8, 4) is 11.5 Å². The van der Waals surface area contributed by atoms with E-state index in [9.17, 15) is 18.8 Å². The zero-order chi connectivity index (χ0) is 25.8. The molecule has 0 aliphatic heterocycles. The number of amides is 2. The van der Waals surface area contributed by atoms with Crippen molar-refractivity contribution in [2.45, 2.75) is 6.61 Å². The fourth-order valence-corrected chi connectivity index (χ4v) is 4.75. The van der Waals surface area contributed by atoms with Gasteiger partial charge in [-0.3, -0.25) is 0 Å². The lowest BCUT2D eigenvalue weighted by Gasteiger charge is -2.15. The third-order valence-corrected chi connectivity index (χ3v) is 6.78. The molecule has 0 atom stereocenters. The summed E-state index contributed by atoms with van der Waals surface area (Å²) < 4.78 is 26.5. The monoisotopic (exact) mass is 551 g/mol. The molecule has 0 spiro atoms. The summed E-state index contributed by atoms with van der Waals surface area (Å²) in [5, 5.41) is 13.1. The van der Waals surface area contributed by atoms with Crippen molar-refractivity contribution in [1.29, 1.82) is 0 Å². The molecule has 3 N–H and O–H groups in total. The van der Waals surface area contributed by atoms with E-state index in [2.05, 4.69) is 15.1 Å². The number of methoxy groups -OCH3 is 1. The Hall–Kier alpha value is -3.94. The maximum Gasteiger partial charge on any atom is 0.373 e. The summed E-state index contributed by atoms with van der Waals surface area (Å²) in [6, 6.07) is 5.88.